The maximum atomic E-state index is 14.0. The van der Waals surface area contributed by atoms with Gasteiger partial charge in [0.15, 0.2) is 0 Å². The van der Waals surface area contributed by atoms with Gasteiger partial charge in [-0.2, -0.15) is 0 Å². The molecule has 0 saturated carbocycles. The standard InChI is InChI=1S/C17H20FNS/c1-11-7-12(2)9-14(8-11)10-20-17-15(13(3)19)5-4-6-16(17)18/h4-9,13H,10,19H2,1-3H3/t13-/m0/s1. The van der Waals surface area contributed by atoms with E-state index in [1.807, 2.05) is 13.0 Å². The van der Waals surface area contributed by atoms with Crippen molar-refractivity contribution >= 4 is 11.8 Å². The largest absolute Gasteiger partial charge is 0.324 e. The summed E-state index contributed by atoms with van der Waals surface area (Å²) in [6, 6.07) is 11.4. The molecule has 20 heavy (non-hydrogen) atoms. The van der Waals surface area contributed by atoms with Gasteiger partial charge >= 0.3 is 0 Å². The van der Waals surface area contributed by atoms with Gasteiger partial charge in [0.05, 0.1) is 0 Å². The SMILES string of the molecule is Cc1cc(C)cc(CSc2c(F)cccc2[C@H](C)N)c1. The molecule has 2 rings (SSSR count). The van der Waals surface area contributed by atoms with Crippen molar-refractivity contribution in [3.05, 3.63) is 64.5 Å². The molecule has 106 valence electrons. The smallest absolute Gasteiger partial charge is 0.137 e. The van der Waals surface area contributed by atoms with E-state index < -0.39 is 0 Å². The number of hydrogen-bond acceptors (Lipinski definition) is 2. The number of benzene rings is 2. The third kappa shape index (κ3) is 3.62. The number of hydrogen-bond donors (Lipinski definition) is 1. The molecule has 0 heterocycles. The van der Waals surface area contributed by atoms with E-state index in [0.717, 1.165) is 11.3 Å². The van der Waals surface area contributed by atoms with E-state index in [0.29, 0.717) is 4.90 Å². The Morgan fingerprint density at radius 1 is 1.15 bits per heavy atom. The predicted molar refractivity (Wildman–Crippen MR) is 84.5 cm³/mol. The number of rotatable bonds is 4. The van der Waals surface area contributed by atoms with E-state index >= 15 is 0 Å². The Labute approximate surface area is 124 Å². The molecule has 0 bridgehead atoms. The minimum absolute atomic E-state index is 0.160. The maximum Gasteiger partial charge on any atom is 0.137 e. The number of nitrogens with two attached hydrogens (primary N) is 1. The zero-order valence-electron chi connectivity index (χ0n) is 12.1. The van der Waals surface area contributed by atoms with Crippen LogP contribution in [0, 0.1) is 19.7 Å². The molecule has 2 aromatic rings. The fraction of sp³-hybridized carbons (Fsp3) is 0.294. The highest BCUT2D eigenvalue weighted by atomic mass is 32.2. The fourth-order valence-corrected chi connectivity index (χ4v) is 3.45. The van der Waals surface area contributed by atoms with Gasteiger partial charge in [-0.15, -0.1) is 11.8 Å². The molecular formula is C17H20FNS. The van der Waals surface area contributed by atoms with Crippen LogP contribution in [0.15, 0.2) is 41.3 Å². The predicted octanol–water partition coefficient (Wildman–Crippen LogP) is 4.75. The van der Waals surface area contributed by atoms with Crippen molar-refractivity contribution < 1.29 is 4.39 Å². The van der Waals surface area contributed by atoms with Crippen LogP contribution < -0.4 is 5.73 Å². The quantitative estimate of drug-likeness (QED) is 0.822. The first-order valence-corrected chi connectivity index (χ1v) is 7.70. The van der Waals surface area contributed by atoms with Crippen LogP contribution in [0.4, 0.5) is 4.39 Å². The van der Waals surface area contributed by atoms with Gasteiger partial charge in [0.25, 0.3) is 0 Å². The molecule has 0 aliphatic heterocycles. The minimum atomic E-state index is -0.186. The molecule has 0 aliphatic carbocycles. The van der Waals surface area contributed by atoms with Crippen LogP contribution in [0.25, 0.3) is 0 Å². The maximum absolute atomic E-state index is 14.0. The molecule has 0 radical (unpaired) electrons. The molecule has 3 heteroatoms. The van der Waals surface area contributed by atoms with Crippen molar-refractivity contribution in [2.24, 2.45) is 5.73 Å². The summed E-state index contributed by atoms with van der Waals surface area (Å²) in [5.74, 6) is 0.567. The second-order valence-electron chi connectivity index (χ2n) is 5.23. The van der Waals surface area contributed by atoms with E-state index in [9.17, 15) is 4.39 Å². The molecule has 2 N–H and O–H groups in total. The van der Waals surface area contributed by atoms with E-state index in [-0.39, 0.29) is 11.9 Å². The normalized spacial score (nSPS) is 12.4. The molecule has 0 spiro atoms. The van der Waals surface area contributed by atoms with Gasteiger partial charge in [-0.3, -0.25) is 0 Å². The Hall–Kier alpha value is -1.32. The lowest BCUT2D eigenvalue weighted by molar-refractivity contribution is 0.591. The third-order valence-electron chi connectivity index (χ3n) is 3.15. The van der Waals surface area contributed by atoms with Crippen molar-refractivity contribution in [2.45, 2.75) is 37.5 Å². The van der Waals surface area contributed by atoms with E-state index in [4.69, 9.17) is 5.73 Å². The van der Waals surface area contributed by atoms with Crippen LogP contribution in [-0.4, -0.2) is 0 Å². The summed E-state index contributed by atoms with van der Waals surface area (Å²) < 4.78 is 14.0. The topological polar surface area (TPSA) is 26.0 Å². The van der Waals surface area contributed by atoms with Crippen LogP contribution >= 0.6 is 11.8 Å². The lowest BCUT2D eigenvalue weighted by Gasteiger charge is -2.13. The number of halogens is 1. The molecule has 0 fully saturated rings. The van der Waals surface area contributed by atoms with Crippen LogP contribution in [0.2, 0.25) is 0 Å². The van der Waals surface area contributed by atoms with E-state index in [1.165, 1.54) is 34.5 Å². The Bertz CT molecular complexity index is 588. The molecule has 2 aromatic carbocycles. The van der Waals surface area contributed by atoms with Crippen molar-refractivity contribution in [1.29, 1.82) is 0 Å². The van der Waals surface area contributed by atoms with Gasteiger partial charge < -0.3 is 5.73 Å². The molecule has 0 aromatic heterocycles. The van der Waals surface area contributed by atoms with Gasteiger partial charge in [-0.1, -0.05) is 41.5 Å². The third-order valence-corrected chi connectivity index (χ3v) is 4.35. The molecule has 0 amide bonds. The molecular weight excluding hydrogens is 269 g/mol. The zero-order chi connectivity index (χ0) is 14.7. The summed E-state index contributed by atoms with van der Waals surface area (Å²) in [5, 5.41) is 0. The Morgan fingerprint density at radius 2 is 1.80 bits per heavy atom. The average molecular weight is 289 g/mol. The summed E-state index contributed by atoms with van der Waals surface area (Å²) in [6.07, 6.45) is 0. The van der Waals surface area contributed by atoms with Crippen molar-refractivity contribution in [3.8, 4) is 0 Å². The molecule has 0 unspecified atom stereocenters. The van der Waals surface area contributed by atoms with Crippen molar-refractivity contribution in [1.82, 2.24) is 0 Å². The monoisotopic (exact) mass is 289 g/mol. The summed E-state index contributed by atoms with van der Waals surface area (Å²) in [6.45, 7) is 6.05. The molecule has 0 aliphatic rings. The van der Waals surface area contributed by atoms with Gasteiger partial charge in [0, 0.05) is 16.7 Å². The van der Waals surface area contributed by atoms with Crippen LogP contribution in [0.1, 0.15) is 35.2 Å². The lowest BCUT2D eigenvalue weighted by atomic mass is 10.1. The van der Waals surface area contributed by atoms with Crippen LogP contribution in [-0.2, 0) is 5.75 Å². The second kappa shape index (κ2) is 6.42. The highest BCUT2D eigenvalue weighted by Crippen LogP contribution is 2.32. The Kier molecular flexibility index (Phi) is 4.84. The summed E-state index contributed by atoms with van der Waals surface area (Å²) in [7, 11) is 0. The van der Waals surface area contributed by atoms with Gasteiger partial charge in [-0.25, -0.2) is 4.39 Å². The van der Waals surface area contributed by atoms with Crippen molar-refractivity contribution in [2.75, 3.05) is 0 Å². The number of thioether (sulfide) groups is 1. The molecule has 1 atom stereocenters. The van der Waals surface area contributed by atoms with Gasteiger partial charge in [-0.05, 0) is 38.0 Å². The van der Waals surface area contributed by atoms with Gasteiger partial charge in [0.1, 0.15) is 5.82 Å². The number of aryl methyl sites for hydroxylation is 2. The molecule has 0 saturated heterocycles. The molecule has 1 nitrogen and oxygen atoms in total. The summed E-state index contributed by atoms with van der Waals surface area (Å²) in [5.41, 5.74) is 10.5. The Balaban J connectivity index is 2.22. The van der Waals surface area contributed by atoms with Crippen LogP contribution in [0.5, 0.6) is 0 Å². The highest BCUT2D eigenvalue weighted by Gasteiger charge is 2.12. The average Bonchev–Trinajstić information content (AvgIpc) is 2.35. The van der Waals surface area contributed by atoms with E-state index in [2.05, 4.69) is 32.0 Å². The van der Waals surface area contributed by atoms with E-state index in [1.54, 1.807) is 6.07 Å². The summed E-state index contributed by atoms with van der Waals surface area (Å²) >= 11 is 1.52. The summed E-state index contributed by atoms with van der Waals surface area (Å²) in [4.78, 5) is 0.668. The lowest BCUT2D eigenvalue weighted by Crippen LogP contribution is -2.07. The van der Waals surface area contributed by atoms with Crippen molar-refractivity contribution in [3.63, 3.8) is 0 Å². The first-order valence-electron chi connectivity index (χ1n) is 6.71. The first kappa shape index (κ1) is 15.1. The van der Waals surface area contributed by atoms with Gasteiger partial charge in [0.2, 0.25) is 0 Å². The second-order valence-corrected chi connectivity index (χ2v) is 6.22. The fourth-order valence-electron chi connectivity index (χ4n) is 2.34. The highest BCUT2D eigenvalue weighted by molar-refractivity contribution is 7.98. The zero-order valence-corrected chi connectivity index (χ0v) is 12.9. The minimum Gasteiger partial charge on any atom is -0.324 e. The first-order chi connectivity index (χ1) is 9.47. The van der Waals surface area contributed by atoms with Crippen LogP contribution in [0.3, 0.4) is 0 Å². The Morgan fingerprint density at radius 3 is 2.40 bits per heavy atom.